The maximum Gasteiger partial charge on any atom is 0.329 e. The van der Waals surface area contributed by atoms with Gasteiger partial charge in [-0.05, 0) is 35.8 Å². The maximum atomic E-state index is 13.0. The van der Waals surface area contributed by atoms with Crippen LogP contribution in [0.25, 0.3) is 5.57 Å². The third kappa shape index (κ3) is 3.31. The third-order valence-corrected chi connectivity index (χ3v) is 5.01. The highest BCUT2D eigenvalue weighted by atomic mass is 16.4. The number of fused-ring (bicyclic) bond motifs is 2. The van der Waals surface area contributed by atoms with E-state index < -0.39 is 24.4 Å². The van der Waals surface area contributed by atoms with Crippen LogP contribution >= 0.6 is 0 Å². The Morgan fingerprint density at radius 2 is 1.81 bits per heavy atom. The Hall–Kier alpha value is -2.76. The summed E-state index contributed by atoms with van der Waals surface area (Å²) in [4.78, 5) is 39.5. The molecule has 2 aliphatic carbocycles. The van der Waals surface area contributed by atoms with E-state index in [0.29, 0.717) is 17.6 Å². The molecular formula is C20H21NO5. The lowest BCUT2D eigenvalue weighted by atomic mass is 9.68. The molecule has 0 aliphatic heterocycles. The molecule has 3 rings (SSSR count). The fourth-order valence-corrected chi connectivity index (χ4v) is 3.65. The first kappa shape index (κ1) is 18.0. The summed E-state index contributed by atoms with van der Waals surface area (Å²) in [5.41, 5.74) is 3.33. The highest BCUT2D eigenvalue weighted by Crippen LogP contribution is 2.46. The van der Waals surface area contributed by atoms with Gasteiger partial charge in [0.05, 0.1) is 6.42 Å². The topological polar surface area (TPSA) is 104 Å². The molecule has 0 fully saturated rings. The molecule has 2 aliphatic rings. The molecule has 2 N–H and O–H groups in total. The predicted molar refractivity (Wildman–Crippen MR) is 96.2 cm³/mol. The molecular weight excluding hydrogens is 334 g/mol. The first-order valence-corrected chi connectivity index (χ1v) is 8.58. The van der Waals surface area contributed by atoms with Crippen molar-refractivity contribution in [2.45, 2.75) is 45.6 Å². The predicted octanol–water partition coefficient (Wildman–Crippen LogP) is 2.95. The summed E-state index contributed by atoms with van der Waals surface area (Å²) in [7, 11) is 0. The van der Waals surface area contributed by atoms with E-state index in [0.717, 1.165) is 24.0 Å². The number of carboxylic acids is 2. The van der Waals surface area contributed by atoms with Crippen molar-refractivity contribution < 1.29 is 24.6 Å². The number of ketones is 1. The van der Waals surface area contributed by atoms with Crippen LogP contribution < -0.4 is 0 Å². The summed E-state index contributed by atoms with van der Waals surface area (Å²) < 4.78 is 0. The molecule has 1 aromatic carbocycles. The molecule has 26 heavy (non-hydrogen) atoms. The lowest BCUT2D eigenvalue weighted by Crippen LogP contribution is -2.33. The quantitative estimate of drug-likeness (QED) is 0.864. The molecule has 0 radical (unpaired) electrons. The Bertz CT molecular complexity index is 863. The number of benzene rings is 1. The molecule has 0 amide bonds. The maximum absolute atomic E-state index is 13.0. The minimum absolute atomic E-state index is 0.0627. The van der Waals surface area contributed by atoms with E-state index in [1.807, 2.05) is 12.1 Å². The average molecular weight is 355 g/mol. The van der Waals surface area contributed by atoms with Gasteiger partial charge in [-0.25, -0.2) is 4.79 Å². The minimum atomic E-state index is -1.48. The summed E-state index contributed by atoms with van der Waals surface area (Å²) >= 11 is 0. The van der Waals surface area contributed by atoms with Crippen molar-refractivity contribution in [3.8, 4) is 0 Å². The molecule has 1 atom stereocenters. The van der Waals surface area contributed by atoms with E-state index in [1.165, 1.54) is 0 Å². The van der Waals surface area contributed by atoms with Gasteiger partial charge in [-0.15, -0.1) is 0 Å². The Labute approximate surface area is 151 Å². The van der Waals surface area contributed by atoms with Gasteiger partial charge in [0, 0.05) is 11.1 Å². The summed E-state index contributed by atoms with van der Waals surface area (Å²) in [6.45, 7) is 4.33. The van der Waals surface area contributed by atoms with Gasteiger partial charge in [-0.3, -0.25) is 14.6 Å². The number of Topliss-reactive ketones (excluding diaryl/α,β-unsaturated/α-hetero) is 1. The molecule has 6 heteroatoms. The molecule has 0 aromatic heterocycles. The van der Waals surface area contributed by atoms with Crippen LogP contribution in [0.5, 0.6) is 0 Å². The Balaban J connectivity index is 2.14. The van der Waals surface area contributed by atoms with Crippen LogP contribution in [0.4, 0.5) is 0 Å². The zero-order valence-corrected chi connectivity index (χ0v) is 14.8. The zero-order chi connectivity index (χ0) is 19.1. The number of carboxylic acid groups (broad SMARTS) is 2. The van der Waals surface area contributed by atoms with Crippen LogP contribution in [0, 0.1) is 5.41 Å². The van der Waals surface area contributed by atoms with Gasteiger partial charge >= 0.3 is 11.9 Å². The van der Waals surface area contributed by atoms with Crippen LogP contribution in [0.3, 0.4) is 0 Å². The minimum Gasteiger partial charge on any atom is -0.481 e. The van der Waals surface area contributed by atoms with Crippen molar-refractivity contribution in [1.29, 1.82) is 0 Å². The lowest BCUT2D eigenvalue weighted by Gasteiger charge is -2.36. The molecule has 6 nitrogen and oxygen atoms in total. The van der Waals surface area contributed by atoms with Crippen molar-refractivity contribution in [3.63, 3.8) is 0 Å². The highest BCUT2D eigenvalue weighted by molar-refractivity contribution is 6.54. The van der Waals surface area contributed by atoms with Crippen molar-refractivity contribution in [2.24, 2.45) is 10.4 Å². The van der Waals surface area contributed by atoms with Gasteiger partial charge < -0.3 is 10.2 Å². The smallest absolute Gasteiger partial charge is 0.329 e. The van der Waals surface area contributed by atoms with Crippen molar-refractivity contribution >= 4 is 29.0 Å². The molecule has 0 spiro atoms. The molecule has 0 bridgehead atoms. The number of aliphatic imine (C=N–C) groups is 1. The molecule has 136 valence electrons. The van der Waals surface area contributed by atoms with Crippen LogP contribution in [-0.4, -0.2) is 39.7 Å². The summed E-state index contributed by atoms with van der Waals surface area (Å²) in [6, 6.07) is 5.83. The summed E-state index contributed by atoms with van der Waals surface area (Å²) in [5.74, 6) is -2.89. The van der Waals surface area contributed by atoms with Gasteiger partial charge in [0.15, 0.2) is 6.04 Å². The van der Waals surface area contributed by atoms with Crippen LogP contribution in [0.2, 0.25) is 0 Å². The SMILES string of the molecule is CC1(C)CCC2=C(C1)c1ccccc1C(=NC(CC(=O)O)C(=O)O)C2=O. The molecule has 0 saturated heterocycles. The van der Waals surface area contributed by atoms with Crippen molar-refractivity contribution in [1.82, 2.24) is 0 Å². The fraction of sp³-hybridized carbons (Fsp3) is 0.400. The number of allylic oxidation sites excluding steroid dienone is 2. The second-order valence-electron chi connectivity index (χ2n) is 7.60. The van der Waals surface area contributed by atoms with E-state index in [1.54, 1.807) is 12.1 Å². The fourth-order valence-electron chi connectivity index (χ4n) is 3.65. The van der Waals surface area contributed by atoms with E-state index >= 15 is 0 Å². The van der Waals surface area contributed by atoms with Gasteiger partial charge in [-0.2, -0.15) is 0 Å². The first-order chi connectivity index (χ1) is 12.2. The second-order valence-corrected chi connectivity index (χ2v) is 7.60. The van der Waals surface area contributed by atoms with Crippen LogP contribution in [-0.2, 0) is 14.4 Å². The molecule has 1 unspecified atom stereocenters. The Kier molecular flexibility index (Phi) is 4.52. The normalized spacial score (nSPS) is 21.2. The van der Waals surface area contributed by atoms with E-state index in [4.69, 9.17) is 5.11 Å². The van der Waals surface area contributed by atoms with E-state index in [-0.39, 0.29) is 16.9 Å². The largest absolute Gasteiger partial charge is 0.481 e. The highest BCUT2D eigenvalue weighted by Gasteiger charge is 2.37. The van der Waals surface area contributed by atoms with Crippen molar-refractivity contribution in [3.05, 3.63) is 41.0 Å². The standard InChI is InChI=1S/C20H21NO5/c1-20(2)8-7-13-14(10-20)11-5-3-4-6-12(11)17(18(13)24)21-15(19(25)26)9-16(22)23/h3-6,15H,7-10H2,1-2H3,(H,22,23)(H,25,26). The average Bonchev–Trinajstić information content (AvgIpc) is 2.56. The monoisotopic (exact) mass is 355 g/mol. The number of aliphatic carboxylic acids is 2. The van der Waals surface area contributed by atoms with Gasteiger partial charge in [-0.1, -0.05) is 38.1 Å². The number of carbonyl (C=O) groups excluding carboxylic acids is 1. The van der Waals surface area contributed by atoms with E-state index in [9.17, 15) is 19.5 Å². The summed E-state index contributed by atoms with van der Waals surface area (Å²) in [6.07, 6.45) is 1.60. The van der Waals surface area contributed by atoms with Crippen LogP contribution in [0.1, 0.15) is 50.7 Å². The molecule has 0 heterocycles. The molecule has 1 aromatic rings. The Morgan fingerprint density at radius 3 is 2.42 bits per heavy atom. The van der Waals surface area contributed by atoms with E-state index in [2.05, 4.69) is 18.8 Å². The second kappa shape index (κ2) is 6.52. The number of hydrogen-bond acceptors (Lipinski definition) is 4. The van der Waals surface area contributed by atoms with Crippen molar-refractivity contribution in [2.75, 3.05) is 0 Å². The Morgan fingerprint density at radius 1 is 1.15 bits per heavy atom. The number of rotatable bonds is 4. The number of hydrogen-bond donors (Lipinski definition) is 2. The first-order valence-electron chi connectivity index (χ1n) is 8.58. The van der Waals surface area contributed by atoms with Crippen LogP contribution in [0.15, 0.2) is 34.8 Å². The van der Waals surface area contributed by atoms with Gasteiger partial charge in [0.2, 0.25) is 5.78 Å². The lowest BCUT2D eigenvalue weighted by molar-refractivity contribution is -0.144. The number of nitrogens with zero attached hydrogens (tertiary/aromatic N) is 1. The summed E-state index contributed by atoms with van der Waals surface area (Å²) in [5, 5.41) is 18.2. The number of carbonyl (C=O) groups is 3. The zero-order valence-electron chi connectivity index (χ0n) is 14.8. The van der Waals surface area contributed by atoms with Gasteiger partial charge in [0.25, 0.3) is 0 Å². The third-order valence-electron chi connectivity index (χ3n) is 5.01. The van der Waals surface area contributed by atoms with Gasteiger partial charge in [0.1, 0.15) is 5.71 Å². The molecule has 0 saturated carbocycles.